The highest BCUT2D eigenvalue weighted by Crippen LogP contribution is 2.25. The molecule has 2 rings (SSSR count). The first-order valence-electron chi connectivity index (χ1n) is 5.56. The van der Waals surface area contributed by atoms with Crippen molar-refractivity contribution >= 4 is 33.2 Å². The molecule has 1 aromatic heterocycles. The first kappa shape index (κ1) is 14.0. The molecule has 7 heteroatoms. The monoisotopic (exact) mass is 343 g/mol. The summed E-state index contributed by atoms with van der Waals surface area (Å²) < 4.78 is 2.32. The number of halogens is 2. The fourth-order valence-electron chi connectivity index (χ4n) is 1.69. The third-order valence-electron chi connectivity index (χ3n) is 2.69. The number of benzene rings is 1. The molecule has 0 fully saturated rings. The van der Waals surface area contributed by atoms with E-state index >= 15 is 0 Å². The molecule has 0 radical (unpaired) electrons. The predicted octanol–water partition coefficient (Wildman–Crippen LogP) is 3.90. The quantitative estimate of drug-likeness (QED) is 0.480. The maximum absolute atomic E-state index is 11.0. The van der Waals surface area contributed by atoms with Crippen molar-refractivity contribution in [2.75, 3.05) is 0 Å². The first-order chi connectivity index (χ1) is 8.97. The van der Waals surface area contributed by atoms with E-state index in [4.69, 9.17) is 11.6 Å². The van der Waals surface area contributed by atoms with E-state index in [1.807, 2.05) is 6.92 Å². The normalized spacial score (nSPS) is 12.4. The number of rotatable bonds is 4. The average Bonchev–Trinajstić information content (AvgIpc) is 2.80. The molecule has 100 valence electrons. The standard InChI is InChI=1S/C12H11BrClN3O2/c1-8(14)10-5-15-16(7-10)6-9-2-3-11(13)4-12(9)17(18)19/h2-5,7-8H,6H2,1H3. The maximum Gasteiger partial charge on any atom is 0.275 e. The molecule has 1 aromatic carbocycles. The van der Waals surface area contributed by atoms with Gasteiger partial charge in [-0.3, -0.25) is 14.8 Å². The van der Waals surface area contributed by atoms with Crippen molar-refractivity contribution in [1.82, 2.24) is 9.78 Å². The number of nitro benzene ring substituents is 1. The number of nitro groups is 1. The van der Waals surface area contributed by atoms with Gasteiger partial charge in [-0.15, -0.1) is 11.6 Å². The smallest absolute Gasteiger partial charge is 0.268 e. The van der Waals surface area contributed by atoms with Gasteiger partial charge in [-0.25, -0.2) is 0 Å². The van der Waals surface area contributed by atoms with Crippen molar-refractivity contribution < 1.29 is 4.92 Å². The van der Waals surface area contributed by atoms with Crippen LogP contribution in [0.25, 0.3) is 0 Å². The molecule has 0 saturated heterocycles. The number of nitrogens with zero attached hydrogens (tertiary/aromatic N) is 3. The van der Waals surface area contributed by atoms with Crippen LogP contribution in [0.1, 0.15) is 23.4 Å². The zero-order valence-corrected chi connectivity index (χ0v) is 12.4. The van der Waals surface area contributed by atoms with E-state index in [1.165, 1.54) is 6.07 Å². The van der Waals surface area contributed by atoms with Crippen LogP contribution in [0, 0.1) is 10.1 Å². The number of alkyl halides is 1. The molecule has 2 aromatic rings. The summed E-state index contributed by atoms with van der Waals surface area (Å²) in [5.41, 5.74) is 1.57. The summed E-state index contributed by atoms with van der Waals surface area (Å²) in [4.78, 5) is 10.6. The molecule has 0 N–H and O–H groups in total. The van der Waals surface area contributed by atoms with Crippen LogP contribution in [0.5, 0.6) is 0 Å². The highest BCUT2D eigenvalue weighted by molar-refractivity contribution is 9.10. The topological polar surface area (TPSA) is 61.0 Å². The Labute approximate surface area is 123 Å². The molecular formula is C12H11BrClN3O2. The zero-order valence-electron chi connectivity index (χ0n) is 10.1. The molecule has 1 atom stereocenters. The lowest BCUT2D eigenvalue weighted by Gasteiger charge is -2.04. The lowest BCUT2D eigenvalue weighted by Crippen LogP contribution is -2.03. The summed E-state index contributed by atoms with van der Waals surface area (Å²) in [6.07, 6.45) is 3.46. The van der Waals surface area contributed by atoms with Crippen LogP contribution in [0.4, 0.5) is 5.69 Å². The van der Waals surface area contributed by atoms with E-state index in [0.717, 1.165) is 5.56 Å². The fourth-order valence-corrected chi connectivity index (χ4v) is 2.15. The van der Waals surface area contributed by atoms with Crippen LogP contribution in [0.15, 0.2) is 35.1 Å². The Morgan fingerprint density at radius 3 is 2.89 bits per heavy atom. The Kier molecular flexibility index (Phi) is 4.21. The van der Waals surface area contributed by atoms with Gasteiger partial charge in [0, 0.05) is 22.3 Å². The van der Waals surface area contributed by atoms with Crippen molar-refractivity contribution in [1.29, 1.82) is 0 Å². The van der Waals surface area contributed by atoms with Crippen molar-refractivity contribution in [3.05, 3.63) is 56.3 Å². The molecular weight excluding hydrogens is 334 g/mol. The van der Waals surface area contributed by atoms with Crippen molar-refractivity contribution in [3.63, 3.8) is 0 Å². The first-order valence-corrected chi connectivity index (χ1v) is 6.79. The third-order valence-corrected chi connectivity index (χ3v) is 3.43. The molecule has 0 bridgehead atoms. The molecule has 5 nitrogen and oxygen atoms in total. The van der Waals surface area contributed by atoms with E-state index in [-0.39, 0.29) is 11.1 Å². The van der Waals surface area contributed by atoms with E-state index in [2.05, 4.69) is 21.0 Å². The van der Waals surface area contributed by atoms with Gasteiger partial charge in [0.2, 0.25) is 0 Å². The Morgan fingerprint density at radius 1 is 1.58 bits per heavy atom. The van der Waals surface area contributed by atoms with Gasteiger partial charge in [0.05, 0.1) is 28.6 Å². The largest absolute Gasteiger partial charge is 0.275 e. The molecule has 0 aliphatic heterocycles. The minimum absolute atomic E-state index is 0.0744. The third kappa shape index (κ3) is 3.33. The Hall–Kier alpha value is -1.40. The van der Waals surface area contributed by atoms with Crippen molar-refractivity contribution in [2.45, 2.75) is 18.8 Å². The number of aromatic nitrogens is 2. The van der Waals surface area contributed by atoms with Crippen molar-refractivity contribution in [3.8, 4) is 0 Å². The Morgan fingerprint density at radius 2 is 2.32 bits per heavy atom. The summed E-state index contributed by atoms with van der Waals surface area (Å²) in [5.74, 6) is 0. The molecule has 0 aliphatic carbocycles. The Balaban J connectivity index is 2.29. The second-order valence-electron chi connectivity index (χ2n) is 4.12. The molecule has 19 heavy (non-hydrogen) atoms. The van der Waals surface area contributed by atoms with Crippen LogP contribution in [0.3, 0.4) is 0 Å². The Bertz CT molecular complexity index is 613. The highest BCUT2D eigenvalue weighted by Gasteiger charge is 2.15. The summed E-state index contributed by atoms with van der Waals surface area (Å²) in [5, 5.41) is 15.0. The van der Waals surface area contributed by atoms with E-state index < -0.39 is 4.92 Å². The lowest BCUT2D eigenvalue weighted by molar-refractivity contribution is -0.385. The molecule has 0 spiro atoms. The summed E-state index contributed by atoms with van der Waals surface area (Å²) >= 11 is 9.18. The second-order valence-corrected chi connectivity index (χ2v) is 5.69. The van der Waals surface area contributed by atoms with Crippen LogP contribution in [0.2, 0.25) is 0 Å². The highest BCUT2D eigenvalue weighted by atomic mass is 79.9. The maximum atomic E-state index is 11.0. The number of hydrogen-bond acceptors (Lipinski definition) is 3. The second kappa shape index (κ2) is 5.71. The molecule has 0 saturated carbocycles. The van der Waals surface area contributed by atoms with Crippen LogP contribution in [-0.2, 0) is 6.54 Å². The van der Waals surface area contributed by atoms with Crippen LogP contribution < -0.4 is 0 Å². The average molecular weight is 345 g/mol. The minimum Gasteiger partial charge on any atom is -0.268 e. The predicted molar refractivity (Wildman–Crippen MR) is 76.4 cm³/mol. The molecule has 0 aliphatic rings. The molecule has 1 unspecified atom stereocenters. The molecule has 0 amide bonds. The summed E-state index contributed by atoms with van der Waals surface area (Å²) in [7, 11) is 0. The molecule has 1 heterocycles. The van der Waals surface area contributed by atoms with Crippen LogP contribution >= 0.6 is 27.5 Å². The van der Waals surface area contributed by atoms with Gasteiger partial charge in [0.25, 0.3) is 5.69 Å². The van der Waals surface area contributed by atoms with Gasteiger partial charge < -0.3 is 0 Å². The van der Waals surface area contributed by atoms with Gasteiger partial charge in [-0.2, -0.15) is 5.10 Å². The lowest BCUT2D eigenvalue weighted by atomic mass is 10.2. The summed E-state index contributed by atoms with van der Waals surface area (Å²) in [6, 6.07) is 4.98. The zero-order chi connectivity index (χ0) is 14.0. The summed E-state index contributed by atoms with van der Waals surface area (Å²) in [6.45, 7) is 2.19. The number of hydrogen-bond donors (Lipinski definition) is 0. The van der Waals surface area contributed by atoms with Gasteiger partial charge in [0.15, 0.2) is 0 Å². The van der Waals surface area contributed by atoms with Crippen molar-refractivity contribution in [2.24, 2.45) is 0 Å². The van der Waals surface area contributed by atoms with Gasteiger partial charge in [0.1, 0.15) is 0 Å². The van der Waals surface area contributed by atoms with Crippen LogP contribution in [-0.4, -0.2) is 14.7 Å². The van der Waals surface area contributed by atoms with E-state index in [9.17, 15) is 10.1 Å². The SMILES string of the molecule is CC(Cl)c1cnn(Cc2ccc(Br)cc2[N+](=O)[O-])c1. The van der Waals surface area contributed by atoms with Gasteiger partial charge >= 0.3 is 0 Å². The van der Waals surface area contributed by atoms with Gasteiger partial charge in [-0.05, 0) is 19.1 Å². The fraction of sp³-hybridized carbons (Fsp3) is 0.250. The van der Waals surface area contributed by atoms with E-state index in [1.54, 1.807) is 29.2 Å². The minimum atomic E-state index is -0.394. The van der Waals surface area contributed by atoms with Gasteiger partial charge in [-0.1, -0.05) is 15.9 Å². The van der Waals surface area contributed by atoms with E-state index in [0.29, 0.717) is 16.6 Å².